The Kier molecular flexibility index (Phi) is 1.31. The van der Waals surface area contributed by atoms with Crippen LogP contribution in [0.1, 0.15) is 30.7 Å². The molecular weight excluding hydrogens is 144 g/mol. The third kappa shape index (κ3) is 0.841. The Bertz CT molecular complexity index is 265. The van der Waals surface area contributed by atoms with E-state index in [1.807, 2.05) is 0 Å². The summed E-state index contributed by atoms with van der Waals surface area (Å²) in [6.45, 7) is 0. The van der Waals surface area contributed by atoms with E-state index in [9.17, 15) is 0 Å². The van der Waals surface area contributed by atoms with Gasteiger partial charge in [0.25, 0.3) is 0 Å². The van der Waals surface area contributed by atoms with Crippen LogP contribution in [0.25, 0.3) is 0 Å². The summed E-state index contributed by atoms with van der Waals surface area (Å²) in [6.07, 6.45) is 4.47. The molecule has 12 heavy (non-hydrogen) atoms. The van der Waals surface area contributed by atoms with Crippen molar-refractivity contribution in [3.63, 3.8) is 0 Å². The standard InChI is InChI=1S/C12H14/c1-2-5-9(6-3-1)12-10-7-4-8-11(10)12/h1-3,5-6,10-12H,4,7-8H2/t10-,11-/m1/s1. The van der Waals surface area contributed by atoms with Crippen LogP contribution in [0.2, 0.25) is 0 Å². The first-order chi connectivity index (χ1) is 5.97. The molecule has 0 radical (unpaired) electrons. The minimum atomic E-state index is 0.944. The van der Waals surface area contributed by atoms with Gasteiger partial charge in [-0.15, -0.1) is 0 Å². The van der Waals surface area contributed by atoms with Crippen LogP contribution < -0.4 is 0 Å². The maximum Gasteiger partial charge on any atom is -0.00995 e. The lowest BCUT2D eigenvalue weighted by molar-refractivity contribution is 0.682. The molecule has 0 unspecified atom stereocenters. The van der Waals surface area contributed by atoms with Gasteiger partial charge in [-0.1, -0.05) is 36.8 Å². The number of benzene rings is 1. The highest BCUT2D eigenvalue weighted by atomic mass is 14.6. The maximum absolute atomic E-state index is 2.29. The van der Waals surface area contributed by atoms with Crippen LogP contribution >= 0.6 is 0 Å². The van der Waals surface area contributed by atoms with Gasteiger partial charge in [0.2, 0.25) is 0 Å². The van der Waals surface area contributed by atoms with Crippen molar-refractivity contribution in [2.75, 3.05) is 0 Å². The predicted molar refractivity (Wildman–Crippen MR) is 50.0 cm³/mol. The van der Waals surface area contributed by atoms with Crippen molar-refractivity contribution in [2.24, 2.45) is 11.8 Å². The van der Waals surface area contributed by atoms with Crippen LogP contribution in [0.15, 0.2) is 30.3 Å². The summed E-state index contributed by atoms with van der Waals surface area (Å²) < 4.78 is 0. The van der Waals surface area contributed by atoms with Gasteiger partial charge >= 0.3 is 0 Å². The van der Waals surface area contributed by atoms with Crippen molar-refractivity contribution in [1.29, 1.82) is 0 Å². The Balaban J connectivity index is 1.85. The Morgan fingerprint density at radius 3 is 2.25 bits per heavy atom. The summed E-state index contributed by atoms with van der Waals surface area (Å²) in [5, 5.41) is 0. The van der Waals surface area contributed by atoms with E-state index >= 15 is 0 Å². The zero-order valence-corrected chi connectivity index (χ0v) is 7.24. The molecule has 0 nitrogen and oxygen atoms in total. The van der Waals surface area contributed by atoms with Gasteiger partial charge in [0, 0.05) is 0 Å². The molecule has 0 aromatic heterocycles. The number of fused-ring (bicyclic) bond motifs is 1. The molecule has 0 spiro atoms. The molecule has 2 atom stereocenters. The fourth-order valence-corrected chi connectivity index (χ4v) is 2.99. The van der Waals surface area contributed by atoms with Gasteiger partial charge in [0.15, 0.2) is 0 Å². The second-order valence-corrected chi connectivity index (χ2v) is 4.20. The van der Waals surface area contributed by atoms with Gasteiger partial charge in [0.1, 0.15) is 0 Å². The minimum absolute atomic E-state index is 0.944. The molecule has 2 aliphatic carbocycles. The van der Waals surface area contributed by atoms with Crippen LogP contribution in [0.4, 0.5) is 0 Å². The monoisotopic (exact) mass is 158 g/mol. The van der Waals surface area contributed by atoms with Gasteiger partial charge in [-0.25, -0.2) is 0 Å². The highest BCUT2D eigenvalue weighted by Gasteiger charge is 2.52. The van der Waals surface area contributed by atoms with Gasteiger partial charge in [0.05, 0.1) is 0 Å². The molecule has 0 amide bonds. The van der Waals surface area contributed by atoms with Crippen LogP contribution in [-0.2, 0) is 0 Å². The van der Waals surface area contributed by atoms with Crippen molar-refractivity contribution < 1.29 is 0 Å². The molecule has 0 heteroatoms. The van der Waals surface area contributed by atoms with Crippen molar-refractivity contribution in [3.8, 4) is 0 Å². The number of hydrogen-bond acceptors (Lipinski definition) is 0. The quantitative estimate of drug-likeness (QED) is 0.588. The van der Waals surface area contributed by atoms with E-state index in [0.29, 0.717) is 0 Å². The van der Waals surface area contributed by atoms with Crippen molar-refractivity contribution in [1.82, 2.24) is 0 Å². The molecule has 0 aliphatic heterocycles. The third-order valence-corrected chi connectivity index (χ3v) is 3.59. The molecule has 0 N–H and O–H groups in total. The fraction of sp³-hybridized carbons (Fsp3) is 0.500. The van der Waals surface area contributed by atoms with E-state index in [-0.39, 0.29) is 0 Å². The first kappa shape index (κ1) is 6.71. The molecule has 1 aromatic rings. The van der Waals surface area contributed by atoms with Gasteiger partial charge in [-0.2, -0.15) is 0 Å². The summed E-state index contributed by atoms with van der Waals surface area (Å²) in [7, 11) is 0. The average molecular weight is 158 g/mol. The van der Waals surface area contributed by atoms with E-state index in [4.69, 9.17) is 0 Å². The third-order valence-electron chi connectivity index (χ3n) is 3.59. The van der Waals surface area contributed by atoms with Crippen molar-refractivity contribution in [2.45, 2.75) is 25.2 Å². The van der Waals surface area contributed by atoms with Crippen LogP contribution in [0.3, 0.4) is 0 Å². The first-order valence-corrected chi connectivity index (χ1v) is 5.02. The second kappa shape index (κ2) is 2.35. The SMILES string of the molecule is c1ccc(C2[C@@H]3CCC[C@@H]23)cc1. The van der Waals surface area contributed by atoms with E-state index < -0.39 is 0 Å². The van der Waals surface area contributed by atoms with E-state index in [2.05, 4.69) is 30.3 Å². The average Bonchev–Trinajstić information content (AvgIpc) is 2.62. The molecule has 2 saturated carbocycles. The largest absolute Gasteiger partial charge is 0.0622 e. The summed E-state index contributed by atoms with van der Waals surface area (Å²) in [5.41, 5.74) is 1.59. The molecule has 0 heterocycles. The molecule has 2 aliphatic rings. The van der Waals surface area contributed by atoms with Crippen molar-refractivity contribution in [3.05, 3.63) is 35.9 Å². The number of hydrogen-bond donors (Lipinski definition) is 0. The van der Waals surface area contributed by atoms with Gasteiger partial charge in [-0.3, -0.25) is 0 Å². The highest BCUT2D eigenvalue weighted by molar-refractivity contribution is 5.29. The molecule has 2 fully saturated rings. The first-order valence-electron chi connectivity index (χ1n) is 5.02. The predicted octanol–water partition coefficient (Wildman–Crippen LogP) is 3.20. The fourth-order valence-electron chi connectivity index (χ4n) is 2.99. The van der Waals surface area contributed by atoms with Gasteiger partial charge in [-0.05, 0) is 36.2 Å². The smallest absolute Gasteiger partial charge is 0.00995 e. The van der Waals surface area contributed by atoms with Crippen LogP contribution in [0.5, 0.6) is 0 Å². The van der Waals surface area contributed by atoms with E-state index in [0.717, 1.165) is 17.8 Å². The summed E-state index contributed by atoms with van der Waals surface area (Å²) in [5.74, 6) is 3.07. The summed E-state index contributed by atoms with van der Waals surface area (Å²) in [4.78, 5) is 0. The lowest BCUT2D eigenvalue weighted by atomic mass is 10.0. The molecule has 0 bridgehead atoms. The molecular formula is C12H14. The van der Waals surface area contributed by atoms with Gasteiger partial charge < -0.3 is 0 Å². The Hall–Kier alpha value is -0.780. The Labute approximate surface area is 73.6 Å². The normalized spacial score (nSPS) is 37.8. The Morgan fingerprint density at radius 2 is 1.58 bits per heavy atom. The van der Waals surface area contributed by atoms with Crippen molar-refractivity contribution >= 4 is 0 Å². The molecule has 3 rings (SSSR count). The maximum atomic E-state index is 2.29. The zero-order valence-electron chi connectivity index (χ0n) is 7.24. The van der Waals surface area contributed by atoms with E-state index in [1.165, 1.54) is 19.3 Å². The van der Waals surface area contributed by atoms with Crippen LogP contribution in [0, 0.1) is 11.8 Å². The molecule has 62 valence electrons. The summed E-state index contributed by atoms with van der Waals surface area (Å²) in [6, 6.07) is 11.0. The number of rotatable bonds is 1. The van der Waals surface area contributed by atoms with E-state index in [1.54, 1.807) is 5.56 Å². The minimum Gasteiger partial charge on any atom is -0.0622 e. The second-order valence-electron chi connectivity index (χ2n) is 4.20. The summed E-state index contributed by atoms with van der Waals surface area (Å²) >= 11 is 0. The van der Waals surface area contributed by atoms with Crippen LogP contribution in [-0.4, -0.2) is 0 Å². The Morgan fingerprint density at radius 1 is 0.917 bits per heavy atom. The molecule has 0 saturated heterocycles. The molecule has 1 aromatic carbocycles. The lowest BCUT2D eigenvalue weighted by Crippen LogP contribution is -1.85. The zero-order chi connectivity index (χ0) is 7.97. The lowest BCUT2D eigenvalue weighted by Gasteiger charge is -2.01. The topological polar surface area (TPSA) is 0 Å². The highest BCUT2D eigenvalue weighted by Crippen LogP contribution is 2.62.